The average molecular weight is 476 g/mol. The highest BCUT2D eigenvalue weighted by molar-refractivity contribution is 6.07. The molecule has 35 heavy (non-hydrogen) atoms. The number of nitrogens with zero attached hydrogens (tertiary/aromatic N) is 2. The van der Waals surface area contributed by atoms with Crippen LogP contribution in [-0.2, 0) is 4.79 Å². The quantitative estimate of drug-likeness (QED) is 0.263. The van der Waals surface area contributed by atoms with Crippen LogP contribution in [-0.4, -0.2) is 34.6 Å². The van der Waals surface area contributed by atoms with Crippen LogP contribution in [0.3, 0.4) is 0 Å². The van der Waals surface area contributed by atoms with Crippen molar-refractivity contribution >= 4 is 34.0 Å². The highest BCUT2D eigenvalue weighted by atomic mass is 19.1. The van der Waals surface area contributed by atoms with E-state index in [1.54, 1.807) is 18.3 Å². The summed E-state index contributed by atoms with van der Waals surface area (Å²) >= 11 is 0. The molecule has 1 aliphatic rings. The molecule has 1 aliphatic carbocycles. The number of anilines is 1. The molecule has 1 amide bonds. The normalized spacial score (nSPS) is 14.5. The van der Waals surface area contributed by atoms with Crippen LogP contribution >= 0.6 is 0 Å². The van der Waals surface area contributed by atoms with E-state index in [2.05, 4.69) is 27.8 Å². The van der Waals surface area contributed by atoms with Gasteiger partial charge in [0.15, 0.2) is 18.2 Å². The number of allylic oxidation sites excluding steroid dienone is 2. The molecule has 0 spiro atoms. The SMILES string of the molecule is C/C=C\C(=NC(=CCCC)c1ccc(F)c(OCC(=O)NC2CC2)c1)Nc1ccc2[nH]ncc2c1. The van der Waals surface area contributed by atoms with Gasteiger partial charge in [0.05, 0.1) is 17.4 Å². The lowest BCUT2D eigenvalue weighted by Gasteiger charge is -2.12. The van der Waals surface area contributed by atoms with Gasteiger partial charge in [0.25, 0.3) is 5.91 Å². The molecule has 8 heteroatoms. The maximum absolute atomic E-state index is 14.4. The molecule has 0 bridgehead atoms. The van der Waals surface area contributed by atoms with Crippen molar-refractivity contribution in [3.05, 3.63) is 72.2 Å². The van der Waals surface area contributed by atoms with Crippen LogP contribution in [0.4, 0.5) is 10.1 Å². The monoisotopic (exact) mass is 475 g/mol. The van der Waals surface area contributed by atoms with Gasteiger partial charge in [0.2, 0.25) is 0 Å². The smallest absolute Gasteiger partial charge is 0.258 e. The number of amidine groups is 1. The number of aliphatic imine (C=N–C) groups is 1. The van der Waals surface area contributed by atoms with Gasteiger partial charge in [-0.05, 0) is 68.7 Å². The Bertz CT molecular complexity index is 1270. The maximum atomic E-state index is 14.4. The summed E-state index contributed by atoms with van der Waals surface area (Å²) in [6.07, 6.45) is 11.3. The van der Waals surface area contributed by atoms with Gasteiger partial charge in [-0.3, -0.25) is 9.89 Å². The first-order valence-corrected chi connectivity index (χ1v) is 11.9. The Morgan fingerprint density at radius 2 is 2.14 bits per heavy atom. The predicted molar refractivity (Wildman–Crippen MR) is 138 cm³/mol. The molecule has 1 heterocycles. The number of ether oxygens (including phenoxy) is 1. The molecule has 4 rings (SSSR count). The second kappa shape index (κ2) is 11.5. The van der Waals surface area contributed by atoms with E-state index in [9.17, 15) is 9.18 Å². The molecular formula is C27H30FN5O2. The second-order valence-corrected chi connectivity index (χ2v) is 8.45. The number of carbonyl (C=O) groups excluding carboxylic acids is 1. The Hall–Kier alpha value is -3.94. The van der Waals surface area contributed by atoms with Gasteiger partial charge in [-0.1, -0.05) is 25.5 Å². The molecule has 0 aliphatic heterocycles. The summed E-state index contributed by atoms with van der Waals surface area (Å²) in [7, 11) is 0. The standard InChI is InChI=1S/C27H30FN5O2/c1-3-5-7-23(18-8-12-22(28)25(15-18)35-17-27(34)31-20-9-10-20)32-26(6-4-2)30-21-11-13-24-19(14-21)16-29-33-24/h4,6-8,11-16,20H,3,5,9-10,17H2,1-2H3,(H,29,33)(H,30,32)(H,31,34)/b6-4-,23-7?. The summed E-state index contributed by atoms with van der Waals surface area (Å²) in [5.74, 6) is -0.108. The number of unbranched alkanes of at least 4 members (excludes halogenated alkanes) is 1. The number of aromatic nitrogens is 2. The molecule has 2 aromatic carbocycles. The minimum Gasteiger partial charge on any atom is -0.481 e. The van der Waals surface area contributed by atoms with Crippen molar-refractivity contribution in [1.82, 2.24) is 15.5 Å². The summed E-state index contributed by atoms with van der Waals surface area (Å²) in [5, 5.41) is 14.2. The lowest BCUT2D eigenvalue weighted by atomic mass is 10.1. The van der Waals surface area contributed by atoms with E-state index in [-0.39, 0.29) is 24.3 Å². The lowest BCUT2D eigenvalue weighted by Crippen LogP contribution is -2.30. The minimum absolute atomic E-state index is 0.0250. The third-order valence-corrected chi connectivity index (χ3v) is 5.43. The maximum Gasteiger partial charge on any atom is 0.258 e. The van der Waals surface area contributed by atoms with Crippen LogP contribution in [0.5, 0.6) is 5.75 Å². The fourth-order valence-corrected chi connectivity index (χ4v) is 3.49. The van der Waals surface area contributed by atoms with Crippen molar-refractivity contribution in [1.29, 1.82) is 0 Å². The summed E-state index contributed by atoms with van der Waals surface area (Å²) < 4.78 is 19.9. The molecule has 0 unspecified atom stereocenters. The van der Waals surface area contributed by atoms with Gasteiger partial charge in [0.1, 0.15) is 5.84 Å². The topological polar surface area (TPSA) is 91.4 Å². The molecule has 7 nitrogen and oxygen atoms in total. The number of hydrogen-bond donors (Lipinski definition) is 3. The fraction of sp³-hybridized carbons (Fsp3) is 0.296. The molecule has 3 N–H and O–H groups in total. The molecule has 1 fully saturated rings. The summed E-state index contributed by atoms with van der Waals surface area (Å²) in [6.45, 7) is 3.78. The summed E-state index contributed by atoms with van der Waals surface area (Å²) in [5.41, 5.74) is 3.21. The summed E-state index contributed by atoms with van der Waals surface area (Å²) in [4.78, 5) is 16.8. The van der Waals surface area contributed by atoms with Crippen LogP contribution in [0.25, 0.3) is 16.6 Å². The van der Waals surface area contributed by atoms with Gasteiger partial charge < -0.3 is 15.4 Å². The number of halogens is 1. The third-order valence-electron chi connectivity index (χ3n) is 5.43. The number of hydrogen-bond acceptors (Lipinski definition) is 4. The number of rotatable bonds is 10. The van der Waals surface area contributed by atoms with E-state index < -0.39 is 5.82 Å². The van der Waals surface area contributed by atoms with E-state index in [0.29, 0.717) is 17.1 Å². The largest absolute Gasteiger partial charge is 0.481 e. The van der Waals surface area contributed by atoms with Gasteiger partial charge >= 0.3 is 0 Å². The van der Waals surface area contributed by atoms with E-state index in [1.807, 2.05) is 43.4 Å². The molecular weight excluding hydrogens is 445 g/mol. The van der Waals surface area contributed by atoms with E-state index in [4.69, 9.17) is 9.73 Å². The summed E-state index contributed by atoms with van der Waals surface area (Å²) in [6, 6.07) is 10.7. The molecule has 1 saturated carbocycles. The highest BCUT2D eigenvalue weighted by Gasteiger charge is 2.23. The first-order valence-electron chi connectivity index (χ1n) is 11.9. The van der Waals surface area contributed by atoms with Gasteiger partial charge in [0, 0.05) is 22.7 Å². The first kappa shape index (κ1) is 24.2. The van der Waals surface area contributed by atoms with Crippen LogP contribution in [0.15, 0.2) is 65.8 Å². The first-order chi connectivity index (χ1) is 17.1. The van der Waals surface area contributed by atoms with E-state index >= 15 is 0 Å². The van der Waals surface area contributed by atoms with Crippen molar-refractivity contribution in [2.75, 3.05) is 11.9 Å². The van der Waals surface area contributed by atoms with Crippen LogP contribution < -0.4 is 15.4 Å². The fourth-order valence-electron chi connectivity index (χ4n) is 3.49. The number of H-pyrrole nitrogens is 1. The Morgan fingerprint density at radius 3 is 2.91 bits per heavy atom. The van der Waals surface area contributed by atoms with Gasteiger partial charge in [-0.25, -0.2) is 9.38 Å². The van der Waals surface area contributed by atoms with E-state index in [1.165, 1.54) is 6.07 Å². The molecule has 1 aromatic heterocycles. The second-order valence-electron chi connectivity index (χ2n) is 8.45. The van der Waals surface area contributed by atoms with Crippen LogP contribution in [0, 0.1) is 5.82 Å². The Morgan fingerprint density at radius 1 is 1.29 bits per heavy atom. The van der Waals surface area contributed by atoms with Gasteiger partial charge in [-0.15, -0.1) is 0 Å². The van der Waals surface area contributed by atoms with Crippen molar-refractivity contribution < 1.29 is 13.9 Å². The number of fused-ring (bicyclic) bond motifs is 1. The Labute approximate surface area is 204 Å². The van der Waals surface area contributed by atoms with Crippen molar-refractivity contribution in [2.24, 2.45) is 4.99 Å². The molecule has 3 aromatic rings. The molecule has 0 radical (unpaired) electrons. The number of benzene rings is 2. The zero-order chi connectivity index (χ0) is 24.6. The molecule has 0 saturated heterocycles. The molecule has 0 atom stereocenters. The number of amides is 1. The van der Waals surface area contributed by atoms with Crippen molar-refractivity contribution in [3.63, 3.8) is 0 Å². The van der Waals surface area contributed by atoms with Gasteiger partial charge in [-0.2, -0.15) is 5.10 Å². The van der Waals surface area contributed by atoms with Crippen molar-refractivity contribution in [2.45, 2.75) is 45.6 Å². The van der Waals surface area contributed by atoms with Crippen LogP contribution in [0.2, 0.25) is 0 Å². The third kappa shape index (κ3) is 6.79. The Balaban J connectivity index is 1.58. The van der Waals surface area contributed by atoms with Crippen LogP contribution in [0.1, 0.15) is 45.1 Å². The lowest BCUT2D eigenvalue weighted by molar-refractivity contribution is -0.123. The number of aromatic amines is 1. The highest BCUT2D eigenvalue weighted by Crippen LogP contribution is 2.26. The van der Waals surface area contributed by atoms with E-state index in [0.717, 1.165) is 42.3 Å². The number of nitrogens with one attached hydrogen (secondary N) is 3. The zero-order valence-corrected chi connectivity index (χ0v) is 20.0. The average Bonchev–Trinajstić information content (AvgIpc) is 3.54. The zero-order valence-electron chi connectivity index (χ0n) is 20.0. The molecule has 182 valence electrons. The van der Waals surface area contributed by atoms with Crippen molar-refractivity contribution in [3.8, 4) is 5.75 Å². The minimum atomic E-state index is -0.521. The Kier molecular flexibility index (Phi) is 7.92. The predicted octanol–water partition coefficient (Wildman–Crippen LogP) is 5.59. The number of carbonyl (C=O) groups is 1.